The molecule has 4 nitrogen and oxygen atoms in total. The van der Waals surface area contributed by atoms with Gasteiger partial charge in [-0.25, -0.2) is 4.39 Å². The van der Waals surface area contributed by atoms with E-state index in [1.54, 1.807) is 19.1 Å². The highest BCUT2D eigenvalue weighted by Crippen LogP contribution is 2.30. The molecule has 2 N–H and O–H groups in total. The summed E-state index contributed by atoms with van der Waals surface area (Å²) in [6.07, 6.45) is 0. The van der Waals surface area contributed by atoms with Crippen molar-refractivity contribution in [2.45, 2.75) is 33.7 Å². The van der Waals surface area contributed by atoms with Crippen LogP contribution in [0.15, 0.2) is 22.7 Å². The van der Waals surface area contributed by atoms with Crippen molar-refractivity contribution in [3.05, 3.63) is 35.4 Å². The summed E-state index contributed by atoms with van der Waals surface area (Å²) in [6, 6.07) is 4.36. The number of aromatic nitrogens is 2. The highest BCUT2D eigenvalue weighted by atomic mass is 19.1. The maximum atomic E-state index is 13.2. The van der Waals surface area contributed by atoms with Gasteiger partial charge in [0.2, 0.25) is 0 Å². The first kappa shape index (κ1) is 13.7. The average Bonchev–Trinajstić information content (AvgIpc) is 2.79. The number of benzene rings is 1. The van der Waals surface area contributed by atoms with Crippen LogP contribution in [0.3, 0.4) is 0 Å². The second-order valence-electron chi connectivity index (χ2n) is 5.77. The van der Waals surface area contributed by atoms with Crippen molar-refractivity contribution in [2.75, 3.05) is 0 Å². The van der Waals surface area contributed by atoms with Gasteiger partial charge in [-0.3, -0.25) is 0 Å². The molecular weight excluding hydrogens is 245 g/mol. The number of nitrogens with two attached hydrogens (primary N) is 1. The predicted octanol–water partition coefficient (Wildman–Crippen LogP) is 3.23. The monoisotopic (exact) mass is 263 g/mol. The van der Waals surface area contributed by atoms with Crippen molar-refractivity contribution in [1.82, 2.24) is 10.1 Å². The first-order valence-electron chi connectivity index (χ1n) is 6.15. The molecule has 0 aliphatic heterocycles. The van der Waals surface area contributed by atoms with Crippen molar-refractivity contribution in [3.8, 4) is 11.5 Å². The molecule has 19 heavy (non-hydrogen) atoms. The molecule has 1 atom stereocenters. The summed E-state index contributed by atoms with van der Waals surface area (Å²) in [6.45, 7) is 7.72. The number of halogens is 1. The molecule has 0 amide bonds. The summed E-state index contributed by atoms with van der Waals surface area (Å²) in [5, 5.41) is 3.91. The lowest BCUT2D eigenvalue weighted by atomic mass is 9.87. The molecular formula is C14H18FN3O. The molecule has 5 heteroatoms. The smallest absolute Gasteiger partial charge is 0.257 e. The van der Waals surface area contributed by atoms with Gasteiger partial charge in [0.25, 0.3) is 5.89 Å². The summed E-state index contributed by atoms with van der Waals surface area (Å²) in [5.74, 6) is 0.567. The quantitative estimate of drug-likeness (QED) is 0.903. The van der Waals surface area contributed by atoms with Gasteiger partial charge in [-0.05, 0) is 36.1 Å². The van der Waals surface area contributed by atoms with E-state index in [-0.39, 0.29) is 17.3 Å². The van der Waals surface area contributed by atoms with E-state index in [1.165, 1.54) is 6.07 Å². The zero-order valence-corrected chi connectivity index (χ0v) is 11.6. The van der Waals surface area contributed by atoms with Crippen molar-refractivity contribution in [2.24, 2.45) is 11.1 Å². The predicted molar refractivity (Wildman–Crippen MR) is 70.8 cm³/mol. The van der Waals surface area contributed by atoms with Crippen LogP contribution in [0.4, 0.5) is 4.39 Å². The van der Waals surface area contributed by atoms with E-state index >= 15 is 0 Å². The zero-order chi connectivity index (χ0) is 14.2. The van der Waals surface area contributed by atoms with Crippen LogP contribution in [0, 0.1) is 18.2 Å². The van der Waals surface area contributed by atoms with Gasteiger partial charge in [-0.2, -0.15) is 4.98 Å². The van der Waals surface area contributed by atoms with Gasteiger partial charge in [0.15, 0.2) is 5.82 Å². The Morgan fingerprint density at radius 1 is 1.32 bits per heavy atom. The van der Waals surface area contributed by atoms with E-state index < -0.39 is 0 Å². The fourth-order valence-electron chi connectivity index (χ4n) is 1.64. The van der Waals surface area contributed by atoms with Crippen molar-refractivity contribution in [1.29, 1.82) is 0 Å². The topological polar surface area (TPSA) is 64.9 Å². The highest BCUT2D eigenvalue weighted by Gasteiger charge is 2.27. The minimum Gasteiger partial charge on any atom is -0.334 e. The molecule has 0 saturated carbocycles. The van der Waals surface area contributed by atoms with Crippen LogP contribution < -0.4 is 5.73 Å². The highest BCUT2D eigenvalue weighted by molar-refractivity contribution is 5.54. The lowest BCUT2D eigenvalue weighted by Gasteiger charge is -2.23. The largest absolute Gasteiger partial charge is 0.334 e. The van der Waals surface area contributed by atoms with Gasteiger partial charge in [0.05, 0.1) is 6.04 Å². The van der Waals surface area contributed by atoms with Gasteiger partial charge < -0.3 is 10.3 Å². The zero-order valence-electron chi connectivity index (χ0n) is 11.6. The van der Waals surface area contributed by atoms with Gasteiger partial charge in [0, 0.05) is 5.56 Å². The second kappa shape index (κ2) is 4.74. The Morgan fingerprint density at radius 3 is 2.58 bits per heavy atom. The average molecular weight is 263 g/mol. The molecule has 0 spiro atoms. The third kappa shape index (κ3) is 2.81. The minimum atomic E-state index is -0.313. The number of aryl methyl sites for hydroxylation is 1. The van der Waals surface area contributed by atoms with Gasteiger partial charge >= 0.3 is 0 Å². The van der Waals surface area contributed by atoms with E-state index in [1.807, 2.05) is 20.8 Å². The Kier molecular flexibility index (Phi) is 3.41. The first-order valence-corrected chi connectivity index (χ1v) is 6.15. The standard InChI is InChI=1S/C14H18FN3O/c1-8-7-9(5-6-10(8)15)13-17-12(18-19-13)11(16)14(2,3)4/h5-7,11H,16H2,1-4H3. The van der Waals surface area contributed by atoms with E-state index in [9.17, 15) is 4.39 Å². The number of rotatable bonds is 2. The molecule has 1 aromatic heterocycles. The van der Waals surface area contributed by atoms with Gasteiger partial charge in [-0.15, -0.1) is 0 Å². The SMILES string of the molecule is Cc1cc(-c2nc(C(N)C(C)(C)C)no2)ccc1F. The fourth-order valence-corrected chi connectivity index (χ4v) is 1.64. The molecule has 0 aliphatic carbocycles. The molecule has 102 valence electrons. The number of hydrogen-bond donors (Lipinski definition) is 1. The lowest BCUT2D eigenvalue weighted by Crippen LogP contribution is -2.27. The summed E-state index contributed by atoms with van der Waals surface area (Å²) in [7, 11) is 0. The Hall–Kier alpha value is -1.75. The Labute approximate surface area is 111 Å². The van der Waals surface area contributed by atoms with Gasteiger partial charge in [0.1, 0.15) is 5.82 Å². The van der Waals surface area contributed by atoms with Crippen LogP contribution in [-0.2, 0) is 0 Å². The van der Waals surface area contributed by atoms with Crippen LogP contribution in [-0.4, -0.2) is 10.1 Å². The molecule has 1 heterocycles. The molecule has 0 radical (unpaired) electrons. The Morgan fingerprint density at radius 2 is 2.00 bits per heavy atom. The minimum absolute atomic E-state index is 0.153. The molecule has 0 saturated heterocycles. The lowest BCUT2D eigenvalue weighted by molar-refractivity contribution is 0.303. The van der Waals surface area contributed by atoms with Gasteiger partial charge in [-0.1, -0.05) is 25.9 Å². The van der Waals surface area contributed by atoms with Crippen molar-refractivity contribution >= 4 is 0 Å². The fraction of sp³-hybridized carbons (Fsp3) is 0.429. The Bertz CT molecular complexity index is 587. The van der Waals surface area contributed by atoms with Crippen LogP contribution in [0.2, 0.25) is 0 Å². The molecule has 2 rings (SSSR count). The first-order chi connectivity index (χ1) is 8.79. The van der Waals surface area contributed by atoms with E-state index in [0.29, 0.717) is 22.8 Å². The van der Waals surface area contributed by atoms with Crippen molar-refractivity contribution < 1.29 is 8.91 Å². The molecule has 1 unspecified atom stereocenters. The summed E-state index contributed by atoms with van der Waals surface area (Å²) in [5.41, 5.74) is 7.15. The molecule has 2 aromatic rings. The van der Waals surface area contributed by atoms with E-state index in [2.05, 4.69) is 10.1 Å². The maximum Gasteiger partial charge on any atom is 0.257 e. The molecule has 0 fully saturated rings. The summed E-state index contributed by atoms with van der Waals surface area (Å²) in [4.78, 5) is 4.29. The Balaban J connectivity index is 2.33. The van der Waals surface area contributed by atoms with Crippen LogP contribution in [0.25, 0.3) is 11.5 Å². The third-order valence-corrected chi connectivity index (χ3v) is 3.06. The summed E-state index contributed by atoms with van der Waals surface area (Å²) >= 11 is 0. The molecule has 0 aliphatic rings. The second-order valence-corrected chi connectivity index (χ2v) is 5.77. The molecule has 1 aromatic carbocycles. The van der Waals surface area contributed by atoms with Crippen LogP contribution >= 0.6 is 0 Å². The van der Waals surface area contributed by atoms with Crippen LogP contribution in [0.5, 0.6) is 0 Å². The van der Waals surface area contributed by atoms with Crippen LogP contribution in [0.1, 0.15) is 38.2 Å². The van der Waals surface area contributed by atoms with E-state index in [4.69, 9.17) is 10.3 Å². The third-order valence-electron chi connectivity index (χ3n) is 3.06. The number of nitrogens with zero attached hydrogens (tertiary/aromatic N) is 2. The van der Waals surface area contributed by atoms with E-state index in [0.717, 1.165) is 0 Å². The van der Waals surface area contributed by atoms with Crippen molar-refractivity contribution in [3.63, 3.8) is 0 Å². The maximum absolute atomic E-state index is 13.2. The molecule has 0 bridgehead atoms. The normalized spacial score (nSPS) is 13.6. The number of hydrogen-bond acceptors (Lipinski definition) is 4. The summed E-state index contributed by atoms with van der Waals surface area (Å²) < 4.78 is 18.4.